The zero-order valence-corrected chi connectivity index (χ0v) is 17.3. The number of rotatable bonds is 7. The summed E-state index contributed by atoms with van der Waals surface area (Å²) >= 11 is 0. The van der Waals surface area contributed by atoms with E-state index in [1.54, 1.807) is 36.0 Å². The predicted octanol–water partition coefficient (Wildman–Crippen LogP) is 4.64. The third-order valence-corrected chi connectivity index (χ3v) is 4.67. The molecule has 0 unspecified atom stereocenters. The number of carbonyl (C=O) groups excluding carboxylic acids is 1. The zero-order valence-electron chi connectivity index (χ0n) is 17.3. The van der Waals surface area contributed by atoms with Crippen molar-refractivity contribution in [2.24, 2.45) is 5.73 Å². The molecule has 0 aliphatic heterocycles. The maximum absolute atomic E-state index is 13.5. The second-order valence-electron chi connectivity index (χ2n) is 7.31. The number of aromatic nitrogens is 3. The number of halogens is 3. The number of primary amides is 1. The summed E-state index contributed by atoms with van der Waals surface area (Å²) in [6.45, 7) is 5.72. The summed E-state index contributed by atoms with van der Waals surface area (Å²) in [5.41, 5.74) is 6.35. The molecule has 31 heavy (non-hydrogen) atoms. The first-order valence-electron chi connectivity index (χ1n) is 9.58. The van der Waals surface area contributed by atoms with Crippen molar-refractivity contribution < 1.29 is 18.0 Å². The molecule has 0 atom stereocenters. The second kappa shape index (κ2) is 8.66. The topological polar surface area (TPSA) is 97.9 Å². The van der Waals surface area contributed by atoms with E-state index in [4.69, 9.17) is 5.73 Å². The van der Waals surface area contributed by atoms with Crippen molar-refractivity contribution in [1.29, 1.82) is 0 Å². The van der Waals surface area contributed by atoms with Crippen LogP contribution >= 0.6 is 0 Å². The molecule has 10 heteroatoms. The molecule has 164 valence electrons. The monoisotopic (exact) mass is 432 g/mol. The number of nitrogens with zero attached hydrogens (tertiary/aromatic N) is 3. The van der Waals surface area contributed by atoms with Gasteiger partial charge in [-0.15, -0.1) is 0 Å². The summed E-state index contributed by atoms with van der Waals surface area (Å²) in [6, 6.07) is 7.89. The van der Waals surface area contributed by atoms with Gasteiger partial charge in [-0.2, -0.15) is 18.3 Å². The highest BCUT2D eigenvalue weighted by Gasteiger charge is 2.34. The summed E-state index contributed by atoms with van der Waals surface area (Å²) in [5, 5.41) is 10.2. The van der Waals surface area contributed by atoms with Gasteiger partial charge in [0, 0.05) is 36.6 Å². The van der Waals surface area contributed by atoms with Gasteiger partial charge >= 0.3 is 6.18 Å². The Morgan fingerprint density at radius 1 is 1.23 bits per heavy atom. The number of anilines is 3. The van der Waals surface area contributed by atoms with Crippen LogP contribution in [0.2, 0.25) is 0 Å². The number of aryl methyl sites for hydroxylation is 1. The molecular formula is C21H23F3N6O. The number of nitrogens with one attached hydrogen (secondary N) is 2. The number of alkyl halides is 3. The van der Waals surface area contributed by atoms with E-state index < -0.39 is 17.6 Å². The molecule has 0 saturated carbocycles. The van der Waals surface area contributed by atoms with Crippen LogP contribution in [0.25, 0.3) is 0 Å². The lowest BCUT2D eigenvalue weighted by molar-refractivity contribution is -0.137. The Balaban J connectivity index is 1.90. The molecule has 0 aliphatic carbocycles. The van der Waals surface area contributed by atoms with Gasteiger partial charge in [0.05, 0.1) is 22.6 Å². The SMILES string of the molecule is Cc1nn(C(C)C)cc1Nc1cc(NCc2ccccc2C(N)=O)c(C(F)(F)F)cn1. The van der Waals surface area contributed by atoms with Crippen molar-refractivity contribution in [3.63, 3.8) is 0 Å². The first kappa shape index (κ1) is 22.1. The van der Waals surface area contributed by atoms with E-state index in [1.807, 2.05) is 13.8 Å². The molecule has 1 aromatic carbocycles. The summed E-state index contributed by atoms with van der Waals surface area (Å²) in [7, 11) is 0. The van der Waals surface area contributed by atoms with Crippen LogP contribution in [-0.4, -0.2) is 20.7 Å². The lowest BCUT2D eigenvalue weighted by Gasteiger charge is -2.16. The number of hydrogen-bond donors (Lipinski definition) is 3. The van der Waals surface area contributed by atoms with E-state index >= 15 is 0 Å². The molecule has 3 rings (SSSR count). The molecule has 7 nitrogen and oxygen atoms in total. The number of nitrogens with two attached hydrogens (primary N) is 1. The Morgan fingerprint density at radius 3 is 2.55 bits per heavy atom. The minimum atomic E-state index is -4.60. The highest BCUT2D eigenvalue weighted by Crippen LogP contribution is 2.36. The normalized spacial score (nSPS) is 11.6. The van der Waals surface area contributed by atoms with Crippen molar-refractivity contribution >= 4 is 23.1 Å². The van der Waals surface area contributed by atoms with Gasteiger partial charge < -0.3 is 16.4 Å². The van der Waals surface area contributed by atoms with Crippen molar-refractivity contribution in [3.8, 4) is 0 Å². The molecule has 0 radical (unpaired) electrons. The van der Waals surface area contributed by atoms with E-state index in [2.05, 4.69) is 20.7 Å². The number of amides is 1. The summed E-state index contributed by atoms with van der Waals surface area (Å²) < 4.78 is 42.3. The van der Waals surface area contributed by atoms with Crippen molar-refractivity contribution in [2.45, 2.75) is 39.5 Å². The maximum Gasteiger partial charge on any atom is 0.419 e. The quantitative estimate of drug-likeness (QED) is 0.505. The highest BCUT2D eigenvalue weighted by atomic mass is 19.4. The number of benzene rings is 1. The van der Waals surface area contributed by atoms with Crippen LogP contribution in [0.3, 0.4) is 0 Å². The van der Waals surface area contributed by atoms with Gasteiger partial charge in [0.15, 0.2) is 0 Å². The third kappa shape index (κ3) is 5.14. The summed E-state index contributed by atoms with van der Waals surface area (Å²) in [4.78, 5) is 15.5. The Labute approximate surface area is 177 Å². The molecule has 1 amide bonds. The van der Waals surface area contributed by atoms with Crippen molar-refractivity contribution in [1.82, 2.24) is 14.8 Å². The summed E-state index contributed by atoms with van der Waals surface area (Å²) in [5.74, 6) is -0.423. The molecule has 0 aliphatic rings. The zero-order chi connectivity index (χ0) is 22.8. The van der Waals surface area contributed by atoms with E-state index in [0.717, 1.165) is 6.20 Å². The minimum Gasteiger partial charge on any atom is -0.380 e. The summed E-state index contributed by atoms with van der Waals surface area (Å²) in [6.07, 6.45) is -2.06. The van der Waals surface area contributed by atoms with E-state index in [-0.39, 0.29) is 29.7 Å². The van der Waals surface area contributed by atoms with Crippen LogP contribution in [0.5, 0.6) is 0 Å². The number of carbonyl (C=O) groups is 1. The van der Waals surface area contributed by atoms with Crippen LogP contribution in [0.1, 0.15) is 47.1 Å². The fraction of sp³-hybridized carbons (Fsp3) is 0.286. The number of hydrogen-bond acceptors (Lipinski definition) is 5. The largest absolute Gasteiger partial charge is 0.419 e. The Morgan fingerprint density at radius 2 is 1.94 bits per heavy atom. The van der Waals surface area contributed by atoms with E-state index in [0.29, 0.717) is 16.9 Å². The third-order valence-electron chi connectivity index (χ3n) is 4.67. The Bertz CT molecular complexity index is 1090. The highest BCUT2D eigenvalue weighted by molar-refractivity contribution is 5.94. The fourth-order valence-electron chi connectivity index (χ4n) is 3.01. The van der Waals surface area contributed by atoms with Crippen LogP contribution < -0.4 is 16.4 Å². The maximum atomic E-state index is 13.5. The Kier molecular flexibility index (Phi) is 6.19. The van der Waals surface area contributed by atoms with Crippen molar-refractivity contribution in [2.75, 3.05) is 10.6 Å². The van der Waals surface area contributed by atoms with Crippen LogP contribution in [0.4, 0.5) is 30.4 Å². The first-order valence-corrected chi connectivity index (χ1v) is 9.58. The lowest BCUT2D eigenvalue weighted by Crippen LogP contribution is -2.16. The minimum absolute atomic E-state index is 0.0179. The van der Waals surface area contributed by atoms with Crippen LogP contribution in [-0.2, 0) is 12.7 Å². The average molecular weight is 432 g/mol. The van der Waals surface area contributed by atoms with Crippen LogP contribution in [0, 0.1) is 6.92 Å². The molecule has 3 aromatic rings. The average Bonchev–Trinajstić information content (AvgIpc) is 3.06. The van der Waals surface area contributed by atoms with E-state index in [9.17, 15) is 18.0 Å². The standard InChI is InChI=1S/C21H23F3N6O/c1-12(2)30-11-18(13(3)29-30)28-19-8-17(16(10-27-19)21(22,23)24)26-9-14-6-4-5-7-15(14)20(25)31/h4-8,10-12H,9H2,1-3H3,(H2,25,31)(H2,26,27,28). The van der Waals surface area contributed by atoms with Gasteiger partial charge in [-0.3, -0.25) is 9.48 Å². The molecule has 4 N–H and O–H groups in total. The van der Waals surface area contributed by atoms with Gasteiger partial charge in [-0.1, -0.05) is 18.2 Å². The van der Waals surface area contributed by atoms with Gasteiger partial charge in [0.25, 0.3) is 0 Å². The molecule has 2 heterocycles. The van der Waals surface area contributed by atoms with Crippen LogP contribution in [0.15, 0.2) is 42.7 Å². The first-order chi connectivity index (χ1) is 14.6. The van der Waals surface area contributed by atoms with Gasteiger partial charge in [0.1, 0.15) is 5.82 Å². The lowest BCUT2D eigenvalue weighted by atomic mass is 10.1. The van der Waals surface area contributed by atoms with Crippen molar-refractivity contribution in [3.05, 3.63) is 65.1 Å². The molecule has 0 fully saturated rings. The molecule has 0 bridgehead atoms. The molecular weight excluding hydrogens is 409 g/mol. The van der Waals surface area contributed by atoms with Gasteiger partial charge in [-0.05, 0) is 32.4 Å². The predicted molar refractivity (Wildman–Crippen MR) is 112 cm³/mol. The van der Waals surface area contributed by atoms with Gasteiger partial charge in [0.2, 0.25) is 5.91 Å². The number of pyridine rings is 1. The second-order valence-corrected chi connectivity index (χ2v) is 7.31. The smallest absolute Gasteiger partial charge is 0.380 e. The molecule has 0 spiro atoms. The fourth-order valence-corrected chi connectivity index (χ4v) is 3.01. The Hall–Kier alpha value is -3.56. The van der Waals surface area contributed by atoms with Gasteiger partial charge in [-0.25, -0.2) is 4.98 Å². The van der Waals surface area contributed by atoms with E-state index in [1.165, 1.54) is 12.1 Å². The molecule has 0 saturated heterocycles. The molecule has 2 aromatic heterocycles.